The Morgan fingerprint density at radius 2 is 1.73 bits per heavy atom. The Labute approximate surface area is 85.9 Å². The van der Waals surface area contributed by atoms with E-state index in [1.807, 2.05) is 0 Å². The van der Waals surface area contributed by atoms with Crippen LogP contribution in [0.4, 0.5) is 0 Å². The van der Waals surface area contributed by atoms with E-state index in [1.165, 1.54) is 0 Å². The molecule has 0 aliphatic rings. The number of nitrogens with two attached hydrogens (primary N) is 2. The number of benzene rings is 1. The third-order valence-corrected chi connectivity index (χ3v) is 1.52. The fraction of sp³-hybridized carbons (Fsp3) is 0. The summed E-state index contributed by atoms with van der Waals surface area (Å²) in [6.45, 7) is 0. The molecule has 0 aliphatic carbocycles. The Morgan fingerprint density at radius 3 is 2.20 bits per heavy atom. The minimum atomic E-state index is -1.19. The Kier molecular flexibility index (Phi) is 3.39. The standard InChI is InChI=1S/C9H10N4O2/c10-9(11)13-12-7(8(14)15)6-4-2-1-3-5-6/h1-5H,(H,14,15)(H4,10,11,13)/b12-7+. The Balaban J connectivity index is 3.10. The summed E-state index contributed by atoms with van der Waals surface area (Å²) in [4.78, 5) is 10.8. The third-order valence-electron chi connectivity index (χ3n) is 1.52. The van der Waals surface area contributed by atoms with Crippen LogP contribution in [0.3, 0.4) is 0 Å². The van der Waals surface area contributed by atoms with E-state index in [1.54, 1.807) is 30.3 Å². The SMILES string of the molecule is NC(N)=N/N=C(/C(=O)O)c1ccccc1. The molecule has 0 radical (unpaired) electrons. The van der Waals surface area contributed by atoms with Gasteiger partial charge in [-0.2, -0.15) is 0 Å². The molecule has 0 spiro atoms. The molecule has 15 heavy (non-hydrogen) atoms. The van der Waals surface area contributed by atoms with Crippen molar-refractivity contribution in [2.24, 2.45) is 21.7 Å². The van der Waals surface area contributed by atoms with Gasteiger partial charge in [-0.1, -0.05) is 30.3 Å². The van der Waals surface area contributed by atoms with Crippen LogP contribution in [0, 0.1) is 0 Å². The number of carbonyl (C=O) groups is 1. The van der Waals surface area contributed by atoms with Crippen LogP contribution in [-0.4, -0.2) is 22.7 Å². The number of hydrogen-bond donors (Lipinski definition) is 3. The molecule has 78 valence electrons. The molecule has 0 saturated carbocycles. The summed E-state index contributed by atoms with van der Waals surface area (Å²) in [7, 11) is 0. The molecule has 6 nitrogen and oxygen atoms in total. The molecular weight excluding hydrogens is 196 g/mol. The van der Waals surface area contributed by atoms with E-state index in [4.69, 9.17) is 16.6 Å². The van der Waals surface area contributed by atoms with E-state index in [-0.39, 0.29) is 11.7 Å². The van der Waals surface area contributed by atoms with Crippen molar-refractivity contribution in [1.82, 2.24) is 0 Å². The molecule has 0 saturated heterocycles. The summed E-state index contributed by atoms with van der Waals surface area (Å²) >= 11 is 0. The highest BCUT2D eigenvalue weighted by atomic mass is 16.4. The largest absolute Gasteiger partial charge is 0.476 e. The maximum Gasteiger partial charge on any atom is 0.357 e. The quantitative estimate of drug-likeness (QED) is 0.359. The Hall–Kier alpha value is -2.37. The predicted octanol–water partition coefficient (Wildman–Crippen LogP) is -0.251. The van der Waals surface area contributed by atoms with Crippen LogP contribution < -0.4 is 11.5 Å². The van der Waals surface area contributed by atoms with E-state index in [9.17, 15) is 4.79 Å². The fourth-order valence-corrected chi connectivity index (χ4v) is 0.928. The third kappa shape index (κ3) is 3.11. The van der Waals surface area contributed by atoms with Gasteiger partial charge in [0.25, 0.3) is 0 Å². The number of rotatable bonds is 3. The molecule has 1 rings (SSSR count). The molecule has 0 atom stereocenters. The van der Waals surface area contributed by atoms with Gasteiger partial charge >= 0.3 is 5.97 Å². The summed E-state index contributed by atoms with van der Waals surface area (Å²) < 4.78 is 0. The number of nitrogens with zero attached hydrogens (tertiary/aromatic N) is 2. The van der Waals surface area contributed by atoms with Crippen LogP contribution in [0.2, 0.25) is 0 Å². The highest BCUT2D eigenvalue weighted by Gasteiger charge is 2.11. The molecular formula is C9H10N4O2. The topological polar surface area (TPSA) is 114 Å². The highest BCUT2D eigenvalue weighted by Crippen LogP contribution is 2.01. The first-order chi connectivity index (χ1) is 7.11. The second-order valence-corrected chi connectivity index (χ2v) is 2.64. The number of hydrogen-bond acceptors (Lipinski definition) is 3. The van der Waals surface area contributed by atoms with Crippen LogP contribution in [0.15, 0.2) is 40.5 Å². The monoisotopic (exact) mass is 206 g/mol. The zero-order valence-corrected chi connectivity index (χ0v) is 7.79. The van der Waals surface area contributed by atoms with Crippen molar-refractivity contribution in [1.29, 1.82) is 0 Å². The van der Waals surface area contributed by atoms with Crippen molar-refractivity contribution in [2.75, 3.05) is 0 Å². The van der Waals surface area contributed by atoms with Gasteiger partial charge in [0, 0.05) is 5.56 Å². The van der Waals surface area contributed by atoms with Crippen molar-refractivity contribution in [3.8, 4) is 0 Å². The van der Waals surface area contributed by atoms with Crippen LogP contribution in [0.1, 0.15) is 5.56 Å². The van der Waals surface area contributed by atoms with Gasteiger partial charge in [0.1, 0.15) is 0 Å². The molecule has 6 heteroatoms. The van der Waals surface area contributed by atoms with Crippen molar-refractivity contribution in [2.45, 2.75) is 0 Å². The lowest BCUT2D eigenvalue weighted by molar-refractivity contribution is -0.129. The highest BCUT2D eigenvalue weighted by molar-refractivity contribution is 6.42. The summed E-state index contributed by atoms with van der Waals surface area (Å²) in [5.41, 5.74) is 10.3. The van der Waals surface area contributed by atoms with Gasteiger partial charge in [0.15, 0.2) is 5.71 Å². The number of aliphatic carboxylic acids is 1. The maximum atomic E-state index is 10.8. The van der Waals surface area contributed by atoms with Gasteiger partial charge in [-0.25, -0.2) is 4.79 Å². The first-order valence-corrected chi connectivity index (χ1v) is 4.06. The minimum absolute atomic E-state index is 0.205. The first-order valence-electron chi connectivity index (χ1n) is 4.06. The predicted molar refractivity (Wildman–Crippen MR) is 56.4 cm³/mol. The Bertz CT molecular complexity index is 407. The second-order valence-electron chi connectivity index (χ2n) is 2.64. The zero-order chi connectivity index (χ0) is 11.3. The second kappa shape index (κ2) is 4.75. The number of carboxylic acids is 1. The van der Waals surface area contributed by atoms with E-state index in [2.05, 4.69) is 10.2 Å². The van der Waals surface area contributed by atoms with Gasteiger partial charge in [-0.3, -0.25) is 0 Å². The van der Waals surface area contributed by atoms with E-state index < -0.39 is 5.97 Å². The van der Waals surface area contributed by atoms with Gasteiger partial charge in [0.2, 0.25) is 5.96 Å². The van der Waals surface area contributed by atoms with E-state index >= 15 is 0 Å². The van der Waals surface area contributed by atoms with E-state index in [0.29, 0.717) is 5.56 Å². The summed E-state index contributed by atoms with van der Waals surface area (Å²) in [6, 6.07) is 8.38. The lowest BCUT2D eigenvalue weighted by Gasteiger charge is -1.98. The molecule has 5 N–H and O–H groups in total. The first kappa shape index (κ1) is 10.7. The smallest absolute Gasteiger partial charge is 0.357 e. The Morgan fingerprint density at radius 1 is 1.13 bits per heavy atom. The summed E-state index contributed by atoms with van der Waals surface area (Å²) in [5.74, 6) is -1.48. The van der Waals surface area contributed by atoms with Crippen molar-refractivity contribution in [3.63, 3.8) is 0 Å². The number of carboxylic acid groups (broad SMARTS) is 1. The average molecular weight is 206 g/mol. The molecule has 1 aromatic rings. The van der Waals surface area contributed by atoms with Crippen molar-refractivity contribution in [3.05, 3.63) is 35.9 Å². The maximum absolute atomic E-state index is 10.8. The zero-order valence-electron chi connectivity index (χ0n) is 7.79. The van der Waals surface area contributed by atoms with Crippen molar-refractivity contribution >= 4 is 17.6 Å². The summed E-state index contributed by atoms with van der Waals surface area (Å²) in [5, 5.41) is 15.6. The van der Waals surface area contributed by atoms with Crippen LogP contribution >= 0.6 is 0 Å². The normalized spacial score (nSPS) is 10.8. The summed E-state index contributed by atoms with van der Waals surface area (Å²) in [6.07, 6.45) is 0. The lowest BCUT2D eigenvalue weighted by atomic mass is 10.1. The van der Waals surface area contributed by atoms with Gasteiger partial charge in [-0.05, 0) is 0 Å². The minimum Gasteiger partial charge on any atom is -0.476 e. The van der Waals surface area contributed by atoms with E-state index in [0.717, 1.165) is 0 Å². The molecule has 0 fully saturated rings. The van der Waals surface area contributed by atoms with Gasteiger partial charge < -0.3 is 16.6 Å². The lowest BCUT2D eigenvalue weighted by Crippen LogP contribution is -2.22. The van der Waals surface area contributed by atoms with Crippen LogP contribution in [-0.2, 0) is 4.79 Å². The molecule has 1 aromatic carbocycles. The van der Waals surface area contributed by atoms with Crippen LogP contribution in [0.25, 0.3) is 0 Å². The van der Waals surface area contributed by atoms with Crippen LogP contribution in [0.5, 0.6) is 0 Å². The van der Waals surface area contributed by atoms with Crippen molar-refractivity contribution < 1.29 is 9.90 Å². The van der Waals surface area contributed by atoms with Gasteiger partial charge in [0.05, 0.1) is 0 Å². The number of guanidine groups is 1. The molecule has 0 aromatic heterocycles. The molecule has 0 unspecified atom stereocenters. The molecule has 0 heterocycles. The fourth-order valence-electron chi connectivity index (χ4n) is 0.928. The molecule has 0 bridgehead atoms. The average Bonchev–Trinajstić information content (AvgIpc) is 2.18. The molecule has 0 amide bonds. The van der Waals surface area contributed by atoms with Gasteiger partial charge in [-0.15, -0.1) is 10.2 Å². The molecule has 0 aliphatic heterocycles.